The predicted molar refractivity (Wildman–Crippen MR) is 83.5 cm³/mol. The number of amides is 1. The van der Waals surface area contributed by atoms with Crippen molar-refractivity contribution in [2.45, 2.75) is 0 Å². The molecule has 3 nitrogen and oxygen atoms in total. The highest BCUT2D eigenvalue weighted by Crippen LogP contribution is 2.23. The summed E-state index contributed by atoms with van der Waals surface area (Å²) >= 11 is 5.81. The molecule has 0 fully saturated rings. The van der Waals surface area contributed by atoms with Gasteiger partial charge in [0.1, 0.15) is 5.76 Å². The quantitative estimate of drug-likeness (QED) is 0.750. The van der Waals surface area contributed by atoms with Gasteiger partial charge in [-0.15, -0.1) is 0 Å². The number of anilines is 1. The zero-order valence-electron chi connectivity index (χ0n) is 11.0. The van der Waals surface area contributed by atoms with Crippen LogP contribution in [0.2, 0.25) is 5.02 Å². The van der Waals surface area contributed by atoms with Crippen LogP contribution in [0.5, 0.6) is 0 Å². The van der Waals surface area contributed by atoms with E-state index in [0.29, 0.717) is 16.3 Å². The largest absolute Gasteiger partial charge is 0.464 e. The van der Waals surface area contributed by atoms with E-state index in [9.17, 15) is 4.79 Å². The number of hydrogen-bond donors (Lipinski definition) is 1. The first-order chi connectivity index (χ1) is 10.2. The van der Waals surface area contributed by atoms with Crippen LogP contribution in [-0.2, 0) is 0 Å². The van der Waals surface area contributed by atoms with Gasteiger partial charge in [0.05, 0.1) is 6.26 Å². The smallest absolute Gasteiger partial charge is 0.255 e. The standard InChI is InChI=1S/C17H12ClNO2/c18-14-8-6-12(7-9-14)17(20)19-15-4-1-3-13(11-15)16-5-2-10-21-16/h1-11H,(H,19,20). The molecule has 0 bridgehead atoms. The van der Waals surface area contributed by atoms with Crippen molar-refractivity contribution in [1.82, 2.24) is 0 Å². The maximum absolute atomic E-state index is 12.1. The highest BCUT2D eigenvalue weighted by molar-refractivity contribution is 6.30. The van der Waals surface area contributed by atoms with Crippen molar-refractivity contribution < 1.29 is 9.21 Å². The summed E-state index contributed by atoms with van der Waals surface area (Å²) in [5.74, 6) is 0.584. The number of halogens is 1. The lowest BCUT2D eigenvalue weighted by atomic mass is 10.1. The van der Waals surface area contributed by atoms with Gasteiger partial charge in [-0.3, -0.25) is 4.79 Å². The molecule has 0 radical (unpaired) electrons. The summed E-state index contributed by atoms with van der Waals surface area (Å²) in [5.41, 5.74) is 2.18. The van der Waals surface area contributed by atoms with Crippen molar-refractivity contribution in [3.8, 4) is 11.3 Å². The van der Waals surface area contributed by atoms with E-state index in [1.54, 1.807) is 30.5 Å². The fourth-order valence-electron chi connectivity index (χ4n) is 2.00. The first kappa shape index (κ1) is 13.5. The van der Waals surface area contributed by atoms with Gasteiger partial charge in [-0.25, -0.2) is 0 Å². The highest BCUT2D eigenvalue weighted by atomic mass is 35.5. The van der Waals surface area contributed by atoms with Crippen molar-refractivity contribution in [3.63, 3.8) is 0 Å². The molecule has 0 saturated carbocycles. The molecule has 0 unspecified atom stereocenters. The summed E-state index contributed by atoms with van der Waals surface area (Å²) in [7, 11) is 0. The second-order valence-corrected chi connectivity index (χ2v) is 4.96. The van der Waals surface area contributed by atoms with Crippen LogP contribution in [0.4, 0.5) is 5.69 Å². The Kier molecular flexibility index (Phi) is 3.75. The lowest BCUT2D eigenvalue weighted by Gasteiger charge is -2.06. The number of furan rings is 1. The minimum atomic E-state index is -0.178. The summed E-state index contributed by atoms with van der Waals surface area (Å²) < 4.78 is 5.35. The van der Waals surface area contributed by atoms with E-state index in [1.165, 1.54) is 0 Å². The van der Waals surface area contributed by atoms with E-state index in [2.05, 4.69) is 5.32 Å². The third kappa shape index (κ3) is 3.15. The Morgan fingerprint density at radius 1 is 1.00 bits per heavy atom. The minimum Gasteiger partial charge on any atom is -0.464 e. The van der Waals surface area contributed by atoms with Gasteiger partial charge < -0.3 is 9.73 Å². The van der Waals surface area contributed by atoms with Crippen LogP contribution < -0.4 is 5.32 Å². The van der Waals surface area contributed by atoms with Gasteiger partial charge in [0.15, 0.2) is 0 Å². The molecule has 1 N–H and O–H groups in total. The third-order valence-corrected chi connectivity index (χ3v) is 3.28. The van der Waals surface area contributed by atoms with Gasteiger partial charge in [-0.2, -0.15) is 0 Å². The molecule has 0 saturated heterocycles. The molecule has 0 spiro atoms. The zero-order valence-corrected chi connectivity index (χ0v) is 11.8. The minimum absolute atomic E-state index is 0.178. The van der Waals surface area contributed by atoms with Crippen LogP contribution in [0.3, 0.4) is 0 Å². The molecule has 0 aliphatic heterocycles. The van der Waals surface area contributed by atoms with E-state index in [0.717, 1.165) is 11.3 Å². The molecule has 1 aromatic heterocycles. The van der Waals surface area contributed by atoms with Gasteiger partial charge in [-0.05, 0) is 48.5 Å². The monoisotopic (exact) mass is 297 g/mol. The molecule has 104 valence electrons. The fourth-order valence-corrected chi connectivity index (χ4v) is 2.12. The average molecular weight is 298 g/mol. The fraction of sp³-hybridized carbons (Fsp3) is 0. The normalized spacial score (nSPS) is 10.3. The first-order valence-electron chi connectivity index (χ1n) is 6.43. The van der Waals surface area contributed by atoms with Crippen LogP contribution in [0.25, 0.3) is 11.3 Å². The second-order valence-electron chi connectivity index (χ2n) is 4.52. The lowest BCUT2D eigenvalue weighted by molar-refractivity contribution is 0.102. The molecule has 1 heterocycles. The molecule has 2 aromatic carbocycles. The highest BCUT2D eigenvalue weighted by Gasteiger charge is 2.07. The maximum atomic E-state index is 12.1. The van der Waals surface area contributed by atoms with Gasteiger partial charge in [0.2, 0.25) is 0 Å². The van der Waals surface area contributed by atoms with Crippen LogP contribution in [-0.4, -0.2) is 5.91 Å². The summed E-state index contributed by atoms with van der Waals surface area (Å²) in [6.07, 6.45) is 1.62. The van der Waals surface area contributed by atoms with Gasteiger partial charge in [-0.1, -0.05) is 23.7 Å². The molecular weight excluding hydrogens is 286 g/mol. The van der Waals surface area contributed by atoms with E-state index in [4.69, 9.17) is 16.0 Å². The lowest BCUT2D eigenvalue weighted by Crippen LogP contribution is -2.11. The number of carbonyl (C=O) groups is 1. The molecule has 3 aromatic rings. The number of rotatable bonds is 3. The molecule has 3 rings (SSSR count). The third-order valence-electron chi connectivity index (χ3n) is 3.03. The van der Waals surface area contributed by atoms with Gasteiger partial charge in [0, 0.05) is 21.8 Å². The van der Waals surface area contributed by atoms with Crippen molar-refractivity contribution in [2.75, 3.05) is 5.32 Å². The topological polar surface area (TPSA) is 42.2 Å². The molecule has 0 atom stereocenters. The van der Waals surface area contributed by atoms with Crippen molar-refractivity contribution >= 4 is 23.2 Å². The van der Waals surface area contributed by atoms with Crippen LogP contribution in [0.15, 0.2) is 71.3 Å². The second kappa shape index (κ2) is 5.85. The maximum Gasteiger partial charge on any atom is 0.255 e. The Labute approximate surface area is 127 Å². The first-order valence-corrected chi connectivity index (χ1v) is 6.81. The summed E-state index contributed by atoms with van der Waals surface area (Å²) in [5, 5.41) is 3.46. The Morgan fingerprint density at radius 2 is 1.81 bits per heavy atom. The van der Waals surface area contributed by atoms with Crippen LogP contribution >= 0.6 is 11.6 Å². The van der Waals surface area contributed by atoms with E-state index < -0.39 is 0 Å². The summed E-state index contributed by atoms with van der Waals surface area (Å²) in [6, 6.07) is 18.0. The number of benzene rings is 2. The molecule has 4 heteroatoms. The molecule has 0 aliphatic rings. The Morgan fingerprint density at radius 3 is 2.52 bits per heavy atom. The van der Waals surface area contributed by atoms with Crippen molar-refractivity contribution in [3.05, 3.63) is 77.5 Å². The van der Waals surface area contributed by atoms with Crippen molar-refractivity contribution in [1.29, 1.82) is 0 Å². The molecule has 1 amide bonds. The van der Waals surface area contributed by atoms with Gasteiger partial charge in [0.25, 0.3) is 5.91 Å². The average Bonchev–Trinajstić information content (AvgIpc) is 3.02. The van der Waals surface area contributed by atoms with Crippen LogP contribution in [0.1, 0.15) is 10.4 Å². The Bertz CT molecular complexity index is 749. The SMILES string of the molecule is O=C(Nc1cccc(-c2ccco2)c1)c1ccc(Cl)cc1. The number of carbonyl (C=O) groups excluding carboxylic acids is 1. The number of hydrogen-bond acceptors (Lipinski definition) is 2. The zero-order chi connectivity index (χ0) is 14.7. The Hall–Kier alpha value is -2.52. The van der Waals surface area contributed by atoms with E-state index >= 15 is 0 Å². The molecular formula is C17H12ClNO2. The van der Waals surface area contributed by atoms with Gasteiger partial charge >= 0.3 is 0 Å². The summed E-state index contributed by atoms with van der Waals surface area (Å²) in [6.45, 7) is 0. The number of nitrogens with one attached hydrogen (secondary N) is 1. The van der Waals surface area contributed by atoms with Crippen molar-refractivity contribution in [2.24, 2.45) is 0 Å². The molecule has 21 heavy (non-hydrogen) atoms. The van der Waals surface area contributed by atoms with Crippen LogP contribution in [0, 0.1) is 0 Å². The Balaban J connectivity index is 1.80. The molecule has 0 aliphatic carbocycles. The summed E-state index contributed by atoms with van der Waals surface area (Å²) in [4.78, 5) is 12.1. The van der Waals surface area contributed by atoms with E-state index in [-0.39, 0.29) is 5.91 Å². The predicted octanol–water partition coefficient (Wildman–Crippen LogP) is 4.85. The van der Waals surface area contributed by atoms with E-state index in [1.807, 2.05) is 36.4 Å².